The number of benzene rings is 2. The normalized spacial score (nSPS) is 12.1. The van der Waals surface area contributed by atoms with Crippen LogP contribution in [0.4, 0.5) is 22.0 Å². The van der Waals surface area contributed by atoms with Crippen LogP contribution in [0.1, 0.15) is 23.9 Å². The average Bonchev–Trinajstić information content (AvgIpc) is 3.20. The van der Waals surface area contributed by atoms with E-state index in [0.29, 0.717) is 24.6 Å². The van der Waals surface area contributed by atoms with Gasteiger partial charge in [-0.15, -0.1) is 0 Å². The van der Waals surface area contributed by atoms with E-state index in [1.54, 1.807) is 6.92 Å². The Morgan fingerprint density at radius 3 is 2.38 bits per heavy atom. The molecule has 0 atom stereocenters. The van der Waals surface area contributed by atoms with E-state index in [4.69, 9.17) is 9.47 Å². The third-order valence-corrected chi connectivity index (χ3v) is 6.43. The third kappa shape index (κ3) is 5.71. The molecule has 2 aromatic carbocycles. The van der Waals surface area contributed by atoms with E-state index < -0.39 is 55.4 Å². The number of alkyl halides is 3. The Labute approximate surface area is 183 Å². The smallest absolute Gasteiger partial charge is 0.416 e. The predicted octanol–water partition coefficient (Wildman–Crippen LogP) is 5.39. The summed E-state index contributed by atoms with van der Waals surface area (Å²) in [4.78, 5) is 2.76. The Morgan fingerprint density at radius 2 is 1.75 bits per heavy atom. The molecule has 0 spiro atoms. The molecular weight excluding hydrogens is 479 g/mol. The van der Waals surface area contributed by atoms with Crippen molar-refractivity contribution in [1.82, 2.24) is 9.36 Å². The Kier molecular flexibility index (Phi) is 6.98. The lowest BCUT2D eigenvalue weighted by molar-refractivity contribution is -0.137. The molecule has 32 heavy (non-hydrogen) atoms. The molecule has 0 aliphatic rings. The van der Waals surface area contributed by atoms with E-state index in [9.17, 15) is 30.4 Å². The van der Waals surface area contributed by atoms with Gasteiger partial charge in [0.25, 0.3) is 0 Å². The molecule has 1 aromatic heterocycles. The van der Waals surface area contributed by atoms with Gasteiger partial charge in [0.2, 0.25) is 0 Å². The van der Waals surface area contributed by atoms with Crippen LogP contribution in [-0.2, 0) is 21.8 Å². The van der Waals surface area contributed by atoms with Gasteiger partial charge in [0.05, 0.1) is 12.2 Å². The SMILES string of the molecule is CCCOc1cc(Oc2cc(F)c(S(=O)(=O)Cc3ncns3)cc2F)cc(C(F)(F)F)c1. The van der Waals surface area contributed by atoms with Crippen molar-refractivity contribution in [1.29, 1.82) is 0 Å². The summed E-state index contributed by atoms with van der Waals surface area (Å²) in [5, 5.41) is 0.0775. The van der Waals surface area contributed by atoms with Crippen molar-refractivity contribution in [3.05, 3.63) is 58.9 Å². The molecular formula is C19H15F5N2O4S2. The maximum absolute atomic E-state index is 14.5. The van der Waals surface area contributed by atoms with E-state index >= 15 is 0 Å². The Balaban J connectivity index is 1.93. The summed E-state index contributed by atoms with van der Waals surface area (Å²) in [6.45, 7) is 1.88. The number of ether oxygens (including phenoxy) is 2. The van der Waals surface area contributed by atoms with Crippen molar-refractivity contribution < 1.29 is 39.8 Å². The highest BCUT2D eigenvalue weighted by molar-refractivity contribution is 7.90. The molecule has 0 aliphatic heterocycles. The number of halogens is 5. The first kappa shape index (κ1) is 23.9. The van der Waals surface area contributed by atoms with E-state index in [-0.39, 0.29) is 17.4 Å². The first-order valence-electron chi connectivity index (χ1n) is 9.00. The van der Waals surface area contributed by atoms with Crippen LogP contribution in [0.15, 0.2) is 41.6 Å². The molecule has 3 rings (SSSR count). The molecule has 6 nitrogen and oxygen atoms in total. The predicted molar refractivity (Wildman–Crippen MR) is 104 cm³/mol. The van der Waals surface area contributed by atoms with Gasteiger partial charge < -0.3 is 9.47 Å². The monoisotopic (exact) mass is 494 g/mol. The number of hydrogen-bond donors (Lipinski definition) is 0. The van der Waals surface area contributed by atoms with Gasteiger partial charge in [-0.2, -0.15) is 17.5 Å². The third-order valence-electron chi connectivity index (χ3n) is 3.95. The minimum Gasteiger partial charge on any atom is -0.493 e. The van der Waals surface area contributed by atoms with Crippen molar-refractivity contribution in [3.63, 3.8) is 0 Å². The maximum Gasteiger partial charge on any atom is 0.416 e. The number of nitrogens with zero attached hydrogens (tertiary/aromatic N) is 2. The van der Waals surface area contributed by atoms with Gasteiger partial charge in [-0.3, -0.25) is 0 Å². The largest absolute Gasteiger partial charge is 0.493 e. The zero-order chi connectivity index (χ0) is 23.5. The number of sulfone groups is 1. The number of hydrogen-bond acceptors (Lipinski definition) is 7. The van der Waals surface area contributed by atoms with Gasteiger partial charge >= 0.3 is 6.18 Å². The molecule has 13 heteroatoms. The van der Waals surface area contributed by atoms with E-state index in [1.807, 2.05) is 0 Å². The summed E-state index contributed by atoms with van der Waals surface area (Å²) in [6.07, 6.45) is -3.09. The van der Waals surface area contributed by atoms with Crippen molar-refractivity contribution in [2.75, 3.05) is 6.61 Å². The highest BCUT2D eigenvalue weighted by atomic mass is 32.2. The summed E-state index contributed by atoms with van der Waals surface area (Å²) in [6, 6.07) is 3.29. The van der Waals surface area contributed by atoms with Crippen molar-refractivity contribution in [3.8, 4) is 17.2 Å². The fourth-order valence-electron chi connectivity index (χ4n) is 2.55. The fraction of sp³-hybridized carbons (Fsp3) is 0.263. The van der Waals surface area contributed by atoms with Crippen LogP contribution in [0.25, 0.3) is 0 Å². The second-order valence-electron chi connectivity index (χ2n) is 6.45. The number of aromatic nitrogens is 2. The van der Waals surface area contributed by atoms with Crippen LogP contribution in [0.5, 0.6) is 17.2 Å². The molecule has 0 radical (unpaired) electrons. The standard InChI is InChI=1S/C19H15F5N2O4S2/c1-2-3-29-12-4-11(19(22,23)24)5-13(6-12)30-16-7-15(21)17(8-14(16)20)32(27,28)9-18-25-10-26-31-18/h4-8,10H,2-3,9H2,1H3. The Morgan fingerprint density at radius 1 is 1.03 bits per heavy atom. The van der Waals surface area contributed by atoms with Gasteiger partial charge in [0.1, 0.15) is 39.3 Å². The molecule has 0 aliphatic carbocycles. The molecule has 0 saturated heterocycles. The highest BCUT2D eigenvalue weighted by Gasteiger charge is 2.32. The Bertz CT molecular complexity index is 1200. The first-order chi connectivity index (χ1) is 15.0. The molecule has 0 N–H and O–H groups in total. The van der Waals surface area contributed by atoms with Crippen molar-refractivity contribution in [2.45, 2.75) is 30.2 Å². The van der Waals surface area contributed by atoms with Crippen molar-refractivity contribution in [2.24, 2.45) is 0 Å². The van der Waals surface area contributed by atoms with E-state index in [2.05, 4.69) is 9.36 Å². The zero-order valence-electron chi connectivity index (χ0n) is 16.3. The van der Waals surface area contributed by atoms with E-state index in [1.165, 1.54) is 0 Å². The minimum absolute atomic E-state index is 0.0775. The summed E-state index contributed by atoms with van der Waals surface area (Å²) < 4.78 is 107. The lowest BCUT2D eigenvalue weighted by Gasteiger charge is -2.14. The molecule has 3 aromatic rings. The quantitative estimate of drug-likeness (QED) is 0.391. The molecule has 1 heterocycles. The Hall–Kier alpha value is -2.80. The highest BCUT2D eigenvalue weighted by Crippen LogP contribution is 2.37. The van der Waals surface area contributed by atoms with Crippen LogP contribution in [0.2, 0.25) is 0 Å². The molecule has 0 fully saturated rings. The molecule has 172 valence electrons. The van der Waals surface area contributed by atoms with E-state index in [0.717, 1.165) is 30.0 Å². The van der Waals surface area contributed by atoms with Gasteiger partial charge in [-0.25, -0.2) is 22.2 Å². The van der Waals surface area contributed by atoms with Crippen LogP contribution < -0.4 is 9.47 Å². The summed E-state index contributed by atoms with van der Waals surface area (Å²) in [7, 11) is -4.30. The second-order valence-corrected chi connectivity index (χ2v) is 9.27. The summed E-state index contributed by atoms with van der Waals surface area (Å²) in [5.74, 6) is -4.74. The van der Waals surface area contributed by atoms with Crippen molar-refractivity contribution >= 4 is 21.4 Å². The van der Waals surface area contributed by atoms with Gasteiger partial charge in [-0.05, 0) is 36.2 Å². The van der Waals surface area contributed by atoms with Gasteiger partial charge in [0, 0.05) is 12.1 Å². The van der Waals surface area contributed by atoms with Crippen LogP contribution in [-0.4, -0.2) is 24.4 Å². The first-order valence-corrected chi connectivity index (χ1v) is 11.4. The lowest BCUT2D eigenvalue weighted by Crippen LogP contribution is -2.09. The molecule has 0 bridgehead atoms. The summed E-state index contributed by atoms with van der Waals surface area (Å²) in [5.41, 5.74) is -1.11. The molecule has 0 amide bonds. The van der Waals surface area contributed by atoms with Crippen LogP contribution >= 0.6 is 11.5 Å². The molecule has 0 unspecified atom stereocenters. The fourth-order valence-corrected chi connectivity index (χ4v) is 4.73. The van der Waals surface area contributed by atoms with Crippen LogP contribution in [0, 0.1) is 11.6 Å². The second kappa shape index (κ2) is 9.36. The topological polar surface area (TPSA) is 78.4 Å². The zero-order valence-corrected chi connectivity index (χ0v) is 18.0. The molecule has 0 saturated carbocycles. The number of rotatable bonds is 8. The van der Waals surface area contributed by atoms with Crippen LogP contribution in [0.3, 0.4) is 0 Å². The average molecular weight is 494 g/mol. The maximum atomic E-state index is 14.5. The van der Waals surface area contributed by atoms with Gasteiger partial charge in [-0.1, -0.05) is 6.92 Å². The lowest BCUT2D eigenvalue weighted by atomic mass is 10.2. The summed E-state index contributed by atoms with van der Waals surface area (Å²) >= 11 is 0.785. The minimum atomic E-state index is -4.74. The van der Waals surface area contributed by atoms with Gasteiger partial charge in [0.15, 0.2) is 21.4 Å².